The van der Waals surface area contributed by atoms with Crippen molar-refractivity contribution in [2.45, 2.75) is 0 Å². The van der Waals surface area contributed by atoms with Gasteiger partial charge in [0.1, 0.15) is 5.82 Å². The highest BCUT2D eigenvalue weighted by molar-refractivity contribution is 6.42. The highest BCUT2D eigenvalue weighted by Gasteiger charge is 2.15. The van der Waals surface area contributed by atoms with Crippen LogP contribution in [0.3, 0.4) is 0 Å². The predicted octanol–water partition coefficient (Wildman–Crippen LogP) is 2.96. The van der Waals surface area contributed by atoms with Gasteiger partial charge in [-0.05, 0) is 42.5 Å². The van der Waals surface area contributed by atoms with Crippen LogP contribution < -0.4 is 10.6 Å². The molecule has 0 aliphatic heterocycles. The van der Waals surface area contributed by atoms with Crippen molar-refractivity contribution in [1.82, 2.24) is 10.2 Å². The van der Waals surface area contributed by atoms with Crippen LogP contribution in [0.25, 0.3) is 0 Å². The van der Waals surface area contributed by atoms with E-state index in [-0.39, 0.29) is 18.7 Å². The first-order valence-electron chi connectivity index (χ1n) is 7.79. The van der Waals surface area contributed by atoms with Gasteiger partial charge in [0, 0.05) is 18.3 Å². The maximum Gasteiger partial charge on any atom is 0.251 e. The van der Waals surface area contributed by atoms with Crippen LogP contribution >= 0.6 is 23.2 Å². The first-order chi connectivity index (χ1) is 12.8. The van der Waals surface area contributed by atoms with Crippen LogP contribution in [0.1, 0.15) is 10.4 Å². The van der Waals surface area contributed by atoms with Gasteiger partial charge in [-0.1, -0.05) is 23.2 Å². The van der Waals surface area contributed by atoms with Gasteiger partial charge in [-0.15, -0.1) is 0 Å². The summed E-state index contributed by atoms with van der Waals surface area (Å²) < 4.78 is 12.8. The Kier molecular flexibility index (Phi) is 7.15. The molecule has 2 N–H and O–H groups in total. The molecule has 2 rings (SSSR count). The number of nitrogens with one attached hydrogen (secondary N) is 2. The summed E-state index contributed by atoms with van der Waals surface area (Å²) in [4.78, 5) is 37.1. The summed E-state index contributed by atoms with van der Waals surface area (Å²) in [5.41, 5.74) is 0.670. The Labute approximate surface area is 165 Å². The van der Waals surface area contributed by atoms with Crippen LogP contribution in [0.2, 0.25) is 10.0 Å². The Morgan fingerprint density at radius 3 is 2.33 bits per heavy atom. The summed E-state index contributed by atoms with van der Waals surface area (Å²) in [6.07, 6.45) is 0. The highest BCUT2D eigenvalue weighted by Crippen LogP contribution is 2.24. The number of nitrogens with zero attached hydrogens (tertiary/aromatic N) is 1. The van der Waals surface area contributed by atoms with Crippen molar-refractivity contribution >= 4 is 46.6 Å². The minimum Gasteiger partial charge on any atom is -0.343 e. The molecule has 2 aromatic rings. The van der Waals surface area contributed by atoms with E-state index >= 15 is 0 Å². The van der Waals surface area contributed by atoms with E-state index in [0.717, 1.165) is 17.0 Å². The summed E-state index contributed by atoms with van der Waals surface area (Å²) in [5, 5.41) is 5.67. The maximum absolute atomic E-state index is 12.8. The van der Waals surface area contributed by atoms with E-state index in [2.05, 4.69) is 10.6 Å². The molecule has 0 spiro atoms. The van der Waals surface area contributed by atoms with Gasteiger partial charge in [-0.3, -0.25) is 14.4 Å². The molecule has 142 valence electrons. The fourth-order valence-electron chi connectivity index (χ4n) is 2.07. The van der Waals surface area contributed by atoms with E-state index in [0.29, 0.717) is 15.7 Å². The zero-order valence-electron chi connectivity index (χ0n) is 14.3. The van der Waals surface area contributed by atoms with E-state index < -0.39 is 23.5 Å². The number of halogens is 3. The third-order valence-electron chi connectivity index (χ3n) is 3.52. The Balaban J connectivity index is 1.82. The summed E-state index contributed by atoms with van der Waals surface area (Å²) in [6.45, 7) is -0.516. The normalized spacial score (nSPS) is 10.2. The molecule has 0 unspecified atom stereocenters. The SMILES string of the molecule is CN(CC(=O)Nc1ccc(Cl)c(Cl)c1)C(=O)CNC(=O)c1ccc(F)cc1. The quantitative estimate of drug-likeness (QED) is 0.766. The molecule has 0 saturated heterocycles. The lowest BCUT2D eigenvalue weighted by Gasteiger charge is -2.17. The highest BCUT2D eigenvalue weighted by atomic mass is 35.5. The average Bonchev–Trinajstić information content (AvgIpc) is 2.63. The second-order valence-corrected chi connectivity index (χ2v) is 6.43. The van der Waals surface area contributed by atoms with E-state index in [4.69, 9.17) is 23.2 Å². The van der Waals surface area contributed by atoms with E-state index in [1.165, 1.54) is 25.2 Å². The lowest BCUT2D eigenvalue weighted by atomic mass is 10.2. The number of amides is 3. The Hall–Kier alpha value is -2.64. The van der Waals surface area contributed by atoms with Gasteiger partial charge in [0.05, 0.1) is 23.1 Å². The standard InChI is InChI=1S/C18H16Cl2FN3O3/c1-24(10-16(25)23-13-6-7-14(19)15(20)8-13)17(26)9-22-18(27)11-2-4-12(21)5-3-11/h2-8H,9-10H2,1H3,(H,22,27)(H,23,25). The maximum atomic E-state index is 12.8. The third kappa shape index (κ3) is 6.23. The van der Waals surface area contributed by atoms with Gasteiger partial charge >= 0.3 is 0 Å². The smallest absolute Gasteiger partial charge is 0.251 e. The van der Waals surface area contributed by atoms with Crippen LogP contribution in [0.5, 0.6) is 0 Å². The molecule has 9 heteroatoms. The summed E-state index contributed by atoms with van der Waals surface area (Å²) in [5.74, 6) is -1.88. The largest absolute Gasteiger partial charge is 0.343 e. The first kappa shape index (κ1) is 20.7. The number of benzene rings is 2. The molecule has 0 aromatic heterocycles. The Bertz CT molecular complexity index is 859. The molecule has 6 nitrogen and oxygen atoms in total. The number of likely N-dealkylation sites (N-methyl/N-ethyl adjacent to an activating group) is 1. The van der Waals surface area contributed by atoms with Gasteiger partial charge in [0.2, 0.25) is 11.8 Å². The van der Waals surface area contributed by atoms with Crippen molar-refractivity contribution in [2.75, 3.05) is 25.5 Å². The van der Waals surface area contributed by atoms with Crippen LogP contribution in [0.15, 0.2) is 42.5 Å². The third-order valence-corrected chi connectivity index (χ3v) is 4.26. The molecule has 0 heterocycles. The number of carbonyl (C=O) groups is 3. The molecule has 0 aliphatic carbocycles. The predicted molar refractivity (Wildman–Crippen MR) is 101 cm³/mol. The lowest BCUT2D eigenvalue weighted by Crippen LogP contribution is -2.41. The van der Waals surface area contributed by atoms with E-state index in [1.807, 2.05) is 0 Å². The zero-order valence-corrected chi connectivity index (χ0v) is 15.8. The number of rotatable bonds is 6. The van der Waals surface area contributed by atoms with Crippen molar-refractivity contribution in [3.05, 3.63) is 63.9 Å². The number of hydrogen-bond acceptors (Lipinski definition) is 3. The van der Waals surface area contributed by atoms with Gasteiger partial charge in [0.15, 0.2) is 0 Å². The number of carbonyl (C=O) groups excluding carboxylic acids is 3. The fraction of sp³-hybridized carbons (Fsp3) is 0.167. The lowest BCUT2D eigenvalue weighted by molar-refractivity contribution is -0.132. The van der Waals surface area contributed by atoms with Crippen molar-refractivity contribution in [3.8, 4) is 0 Å². The van der Waals surface area contributed by atoms with Crippen molar-refractivity contribution in [3.63, 3.8) is 0 Å². The van der Waals surface area contributed by atoms with E-state index in [9.17, 15) is 18.8 Å². The fourth-order valence-corrected chi connectivity index (χ4v) is 2.37. The van der Waals surface area contributed by atoms with Gasteiger partial charge < -0.3 is 15.5 Å². The molecule has 0 fully saturated rings. The molecule has 0 atom stereocenters. The molecule has 27 heavy (non-hydrogen) atoms. The van der Waals surface area contributed by atoms with Crippen LogP contribution in [0, 0.1) is 5.82 Å². The summed E-state index contributed by atoms with van der Waals surface area (Å²) in [7, 11) is 1.43. The van der Waals surface area contributed by atoms with E-state index in [1.54, 1.807) is 12.1 Å². The Morgan fingerprint density at radius 2 is 1.70 bits per heavy atom. The minimum atomic E-state index is -0.517. The summed E-state index contributed by atoms with van der Waals surface area (Å²) in [6, 6.07) is 9.53. The van der Waals surface area contributed by atoms with Gasteiger partial charge in [-0.2, -0.15) is 0 Å². The molecule has 0 saturated carbocycles. The van der Waals surface area contributed by atoms with Crippen LogP contribution in [0.4, 0.5) is 10.1 Å². The minimum absolute atomic E-state index is 0.217. The molecule has 0 radical (unpaired) electrons. The van der Waals surface area contributed by atoms with Gasteiger partial charge in [-0.25, -0.2) is 4.39 Å². The molecular weight excluding hydrogens is 396 g/mol. The Morgan fingerprint density at radius 1 is 1.04 bits per heavy atom. The molecule has 3 amide bonds. The van der Waals surface area contributed by atoms with Crippen LogP contribution in [-0.2, 0) is 9.59 Å². The summed E-state index contributed by atoms with van der Waals surface area (Å²) >= 11 is 11.7. The second-order valence-electron chi connectivity index (χ2n) is 5.62. The molecule has 2 aromatic carbocycles. The molecular formula is C18H16Cl2FN3O3. The second kappa shape index (κ2) is 9.34. The van der Waals surface area contributed by atoms with Crippen molar-refractivity contribution in [2.24, 2.45) is 0 Å². The number of hydrogen-bond donors (Lipinski definition) is 2. The topological polar surface area (TPSA) is 78.5 Å². The molecule has 0 aliphatic rings. The molecule has 0 bridgehead atoms. The van der Waals surface area contributed by atoms with Crippen molar-refractivity contribution < 1.29 is 18.8 Å². The monoisotopic (exact) mass is 411 g/mol. The zero-order chi connectivity index (χ0) is 20.0. The first-order valence-corrected chi connectivity index (χ1v) is 8.54. The average molecular weight is 412 g/mol. The number of anilines is 1. The van der Waals surface area contributed by atoms with Crippen molar-refractivity contribution in [1.29, 1.82) is 0 Å². The van der Waals surface area contributed by atoms with Gasteiger partial charge in [0.25, 0.3) is 5.91 Å². The van der Waals surface area contributed by atoms with Crippen LogP contribution in [-0.4, -0.2) is 42.8 Å².